The van der Waals surface area contributed by atoms with Crippen molar-refractivity contribution in [2.24, 2.45) is 14.1 Å². The van der Waals surface area contributed by atoms with Gasteiger partial charge in [0.1, 0.15) is 12.3 Å². The molecule has 0 saturated carbocycles. The molecular formula is C33H46ClN7O4Si. The maximum atomic E-state index is 14.4. The van der Waals surface area contributed by atoms with Gasteiger partial charge in [-0.3, -0.25) is 14.0 Å². The molecule has 2 saturated heterocycles. The molecular weight excluding hydrogens is 622 g/mol. The second-order valence-corrected chi connectivity index (χ2v) is 21.1. The SMILES string of the molecule is Cc1c2c(Cl)c(-c3cn(COCC[Si](C)(C)C)c4nc(N5[C@H]6CC[C@@H]5[C@H](NC(=O)OC(C)(C)C)C6)n(C)c(=O)c34)ccc2nn1C. The summed E-state index contributed by atoms with van der Waals surface area (Å²) in [5.74, 6) is 0.594. The van der Waals surface area contributed by atoms with Crippen LogP contribution in [0.4, 0.5) is 10.7 Å². The Bertz CT molecular complexity index is 1880. The van der Waals surface area contributed by atoms with Crippen LogP contribution in [-0.4, -0.2) is 68.4 Å². The summed E-state index contributed by atoms with van der Waals surface area (Å²) in [6.45, 7) is 15.4. The number of alkyl carbamates (subject to hydrolysis) is 1. The molecule has 1 aromatic carbocycles. The number of carbonyl (C=O) groups excluding carboxylic acids is 1. The van der Waals surface area contributed by atoms with Crippen molar-refractivity contribution >= 4 is 53.7 Å². The summed E-state index contributed by atoms with van der Waals surface area (Å²) in [6, 6.07) is 4.98. The number of aromatic nitrogens is 5. The number of carbonyl (C=O) groups is 1. The third-order valence-electron chi connectivity index (χ3n) is 9.29. The quantitative estimate of drug-likeness (QED) is 0.176. The lowest BCUT2D eigenvalue weighted by molar-refractivity contribution is 0.0497. The minimum Gasteiger partial charge on any atom is -0.444 e. The van der Waals surface area contributed by atoms with E-state index in [0.29, 0.717) is 34.2 Å². The summed E-state index contributed by atoms with van der Waals surface area (Å²) in [5, 5.41) is 9.60. The molecule has 5 heterocycles. The van der Waals surface area contributed by atoms with Gasteiger partial charge in [-0.25, -0.2) is 4.79 Å². The normalized spacial score (nSPS) is 20.0. The van der Waals surface area contributed by atoms with Crippen molar-refractivity contribution in [1.82, 2.24) is 29.2 Å². The molecule has 248 valence electrons. The average Bonchev–Trinajstić information content (AvgIpc) is 3.68. The Labute approximate surface area is 275 Å². The molecule has 0 spiro atoms. The summed E-state index contributed by atoms with van der Waals surface area (Å²) >= 11 is 7.08. The fourth-order valence-electron chi connectivity index (χ4n) is 6.89. The van der Waals surface area contributed by atoms with Crippen LogP contribution < -0.4 is 15.8 Å². The Morgan fingerprint density at radius 3 is 2.57 bits per heavy atom. The molecule has 13 heteroatoms. The maximum Gasteiger partial charge on any atom is 0.407 e. The summed E-state index contributed by atoms with van der Waals surface area (Å²) in [5.41, 5.74) is 3.05. The average molecular weight is 668 g/mol. The third kappa shape index (κ3) is 5.95. The van der Waals surface area contributed by atoms with Gasteiger partial charge in [-0.15, -0.1) is 0 Å². The number of aryl methyl sites for hydroxylation is 2. The number of ether oxygens (including phenoxy) is 2. The number of fused-ring (bicyclic) bond motifs is 4. The van der Waals surface area contributed by atoms with E-state index < -0.39 is 19.8 Å². The van der Waals surface area contributed by atoms with Crippen LogP contribution in [0.3, 0.4) is 0 Å². The molecule has 6 rings (SSSR count). The predicted octanol–water partition coefficient (Wildman–Crippen LogP) is 6.20. The summed E-state index contributed by atoms with van der Waals surface area (Å²) in [4.78, 5) is 34.5. The van der Waals surface area contributed by atoms with Crippen molar-refractivity contribution in [2.75, 3.05) is 11.5 Å². The van der Waals surface area contributed by atoms with Crippen LogP contribution in [0.25, 0.3) is 33.1 Å². The third-order valence-corrected chi connectivity index (χ3v) is 11.4. The van der Waals surface area contributed by atoms with Crippen LogP contribution in [-0.2, 0) is 30.3 Å². The second kappa shape index (κ2) is 11.7. The van der Waals surface area contributed by atoms with Crippen molar-refractivity contribution in [3.05, 3.63) is 39.4 Å². The number of amides is 1. The molecule has 2 bridgehead atoms. The zero-order valence-electron chi connectivity index (χ0n) is 28.4. The van der Waals surface area contributed by atoms with E-state index in [9.17, 15) is 9.59 Å². The lowest BCUT2D eigenvalue weighted by atomic mass is 9.96. The zero-order valence-corrected chi connectivity index (χ0v) is 30.2. The van der Waals surface area contributed by atoms with E-state index in [0.717, 1.165) is 47.5 Å². The van der Waals surface area contributed by atoms with Crippen molar-refractivity contribution < 1.29 is 14.3 Å². The highest BCUT2D eigenvalue weighted by Gasteiger charge is 2.49. The largest absolute Gasteiger partial charge is 0.444 e. The second-order valence-electron chi connectivity index (χ2n) is 15.1. The van der Waals surface area contributed by atoms with Gasteiger partial charge in [0, 0.05) is 63.2 Å². The van der Waals surface area contributed by atoms with Gasteiger partial charge in [-0.1, -0.05) is 37.3 Å². The van der Waals surface area contributed by atoms with Crippen molar-refractivity contribution in [1.29, 1.82) is 0 Å². The van der Waals surface area contributed by atoms with Crippen molar-refractivity contribution in [3.8, 4) is 11.1 Å². The molecule has 0 radical (unpaired) electrons. The molecule has 1 amide bonds. The molecule has 11 nitrogen and oxygen atoms in total. The number of hydrogen-bond donors (Lipinski definition) is 1. The molecule has 2 aliphatic heterocycles. The number of benzene rings is 1. The molecule has 46 heavy (non-hydrogen) atoms. The number of rotatable bonds is 8. The fourth-order valence-corrected chi connectivity index (χ4v) is 8.05. The Hall–Kier alpha value is -3.35. The Balaban J connectivity index is 1.43. The number of hydrogen-bond acceptors (Lipinski definition) is 7. The van der Waals surface area contributed by atoms with E-state index in [4.69, 9.17) is 26.1 Å². The highest BCUT2D eigenvalue weighted by molar-refractivity contribution is 6.76. The van der Waals surface area contributed by atoms with Gasteiger partial charge in [0.25, 0.3) is 5.56 Å². The topological polar surface area (TPSA) is 108 Å². The molecule has 4 aromatic rings. The summed E-state index contributed by atoms with van der Waals surface area (Å²) in [7, 11) is 2.38. The van der Waals surface area contributed by atoms with Crippen LogP contribution in [0.15, 0.2) is 23.1 Å². The number of nitrogens with zero attached hydrogens (tertiary/aromatic N) is 6. The highest BCUT2D eigenvalue weighted by Crippen LogP contribution is 2.42. The van der Waals surface area contributed by atoms with Gasteiger partial charge in [-0.05, 0) is 59.1 Å². The molecule has 0 unspecified atom stereocenters. The zero-order chi connectivity index (χ0) is 33.3. The standard InChI is InChI=1S/C33H46ClN7O4Si/c1-19-26-23(37-39(19)6)12-11-21(28(26)34)22-17-40(18-44-14-15-46(7,8)9)29-27(22)30(42)38(5)31(36-29)41-20-10-13-25(41)24(16-20)35-32(43)45-33(2,3)4/h11-12,17,20,24-25H,10,13-16,18H2,1-9H3,(H,35,43)/t20-,24+,25+/m0/s1. The summed E-state index contributed by atoms with van der Waals surface area (Å²) < 4.78 is 17.1. The molecule has 3 aromatic heterocycles. The first-order valence-electron chi connectivity index (χ1n) is 16.1. The monoisotopic (exact) mass is 667 g/mol. The molecule has 0 aliphatic carbocycles. The smallest absolute Gasteiger partial charge is 0.407 e. The summed E-state index contributed by atoms with van der Waals surface area (Å²) in [6.07, 6.45) is 4.16. The minimum atomic E-state index is -1.29. The van der Waals surface area contributed by atoms with Crippen LogP contribution >= 0.6 is 11.6 Å². The first kappa shape index (κ1) is 32.6. The van der Waals surface area contributed by atoms with E-state index in [1.54, 1.807) is 11.6 Å². The van der Waals surface area contributed by atoms with Gasteiger partial charge >= 0.3 is 6.09 Å². The van der Waals surface area contributed by atoms with E-state index in [1.807, 2.05) is 62.3 Å². The lowest BCUT2D eigenvalue weighted by Gasteiger charge is -2.28. The molecule has 2 aliphatic rings. The highest BCUT2D eigenvalue weighted by atomic mass is 35.5. The van der Waals surface area contributed by atoms with E-state index in [2.05, 4.69) is 35.0 Å². The van der Waals surface area contributed by atoms with Gasteiger partial charge in [0.15, 0.2) is 5.65 Å². The Morgan fingerprint density at radius 2 is 1.87 bits per heavy atom. The van der Waals surface area contributed by atoms with E-state index in [-0.39, 0.29) is 30.4 Å². The number of halogens is 1. The van der Waals surface area contributed by atoms with Gasteiger partial charge in [0.2, 0.25) is 5.95 Å². The Morgan fingerprint density at radius 1 is 1.13 bits per heavy atom. The molecule has 1 N–H and O–H groups in total. The van der Waals surface area contributed by atoms with Crippen LogP contribution in [0, 0.1) is 6.92 Å². The van der Waals surface area contributed by atoms with Gasteiger partial charge < -0.3 is 24.3 Å². The Kier molecular flexibility index (Phi) is 8.30. The number of nitrogens with one attached hydrogen (secondary N) is 1. The lowest BCUT2D eigenvalue weighted by Crippen LogP contribution is -2.46. The van der Waals surface area contributed by atoms with Crippen LogP contribution in [0.5, 0.6) is 0 Å². The predicted molar refractivity (Wildman–Crippen MR) is 186 cm³/mol. The minimum absolute atomic E-state index is 0.00866. The van der Waals surface area contributed by atoms with E-state index >= 15 is 0 Å². The van der Waals surface area contributed by atoms with Gasteiger partial charge in [-0.2, -0.15) is 10.1 Å². The van der Waals surface area contributed by atoms with Crippen LogP contribution in [0.1, 0.15) is 45.7 Å². The van der Waals surface area contributed by atoms with E-state index in [1.165, 1.54) is 0 Å². The maximum absolute atomic E-state index is 14.4. The first-order valence-corrected chi connectivity index (χ1v) is 20.2. The van der Waals surface area contributed by atoms with Gasteiger partial charge in [0.05, 0.1) is 28.0 Å². The molecule has 2 fully saturated rings. The number of anilines is 1. The first-order chi connectivity index (χ1) is 21.5. The van der Waals surface area contributed by atoms with Crippen molar-refractivity contribution in [2.45, 2.75) is 103 Å². The molecule has 3 atom stereocenters. The van der Waals surface area contributed by atoms with Crippen molar-refractivity contribution in [3.63, 3.8) is 0 Å². The fraction of sp³-hybridized carbons (Fsp3) is 0.576. The van der Waals surface area contributed by atoms with Crippen LogP contribution in [0.2, 0.25) is 30.7 Å².